The zero-order valence-electron chi connectivity index (χ0n) is 9.77. The molecular formula is C12H24N2. The summed E-state index contributed by atoms with van der Waals surface area (Å²) in [4.78, 5) is 0. The molecule has 1 heterocycles. The molecule has 2 nitrogen and oxygen atoms in total. The molecule has 14 heavy (non-hydrogen) atoms. The fourth-order valence-corrected chi connectivity index (χ4v) is 2.75. The first-order valence-corrected chi connectivity index (χ1v) is 6.09. The Bertz CT molecular complexity index is 194. The van der Waals surface area contributed by atoms with Gasteiger partial charge in [0.15, 0.2) is 0 Å². The van der Waals surface area contributed by atoms with Crippen LogP contribution in [0.5, 0.6) is 0 Å². The molecule has 1 aliphatic carbocycles. The highest BCUT2D eigenvalue weighted by Crippen LogP contribution is 2.40. The number of nitrogens with one attached hydrogen (secondary N) is 2. The molecule has 0 bridgehead atoms. The quantitative estimate of drug-likeness (QED) is 0.720. The smallest absolute Gasteiger partial charge is 0.0219 e. The molecule has 0 amide bonds. The van der Waals surface area contributed by atoms with Crippen LogP contribution in [0.2, 0.25) is 0 Å². The zero-order valence-corrected chi connectivity index (χ0v) is 9.77. The van der Waals surface area contributed by atoms with Crippen molar-refractivity contribution in [2.75, 3.05) is 6.54 Å². The van der Waals surface area contributed by atoms with E-state index in [-0.39, 0.29) is 0 Å². The molecule has 0 aromatic heterocycles. The highest BCUT2D eigenvalue weighted by atomic mass is 15.1. The lowest BCUT2D eigenvalue weighted by molar-refractivity contribution is 0.0952. The highest BCUT2D eigenvalue weighted by Gasteiger charge is 2.39. The van der Waals surface area contributed by atoms with Crippen LogP contribution in [0.25, 0.3) is 0 Å². The van der Waals surface area contributed by atoms with Gasteiger partial charge in [0.05, 0.1) is 0 Å². The maximum atomic E-state index is 3.79. The molecule has 0 radical (unpaired) electrons. The molecule has 2 fully saturated rings. The van der Waals surface area contributed by atoms with E-state index in [4.69, 9.17) is 0 Å². The lowest BCUT2D eigenvalue weighted by atomic mass is 9.67. The van der Waals surface area contributed by atoms with Gasteiger partial charge in [-0.25, -0.2) is 0 Å². The summed E-state index contributed by atoms with van der Waals surface area (Å²) in [5.74, 6) is 0. The highest BCUT2D eigenvalue weighted by molar-refractivity contribution is 4.97. The van der Waals surface area contributed by atoms with Crippen molar-refractivity contribution in [3.8, 4) is 0 Å². The molecule has 82 valence electrons. The Hall–Kier alpha value is -0.0800. The van der Waals surface area contributed by atoms with E-state index in [2.05, 4.69) is 31.4 Å². The van der Waals surface area contributed by atoms with Gasteiger partial charge in [-0.1, -0.05) is 13.8 Å². The van der Waals surface area contributed by atoms with Crippen molar-refractivity contribution in [2.24, 2.45) is 5.41 Å². The topological polar surface area (TPSA) is 24.1 Å². The van der Waals surface area contributed by atoms with Crippen LogP contribution in [-0.2, 0) is 0 Å². The molecule has 0 aromatic carbocycles. The van der Waals surface area contributed by atoms with E-state index in [9.17, 15) is 0 Å². The standard InChI is InChI=1S/C12H24N2/c1-9(10-5-4-8-13-10)14-11-6-7-12(11,2)3/h9-11,13-14H,4-8H2,1-3H3. The third-order valence-electron chi connectivity index (χ3n) is 4.19. The minimum atomic E-state index is 0.535. The van der Waals surface area contributed by atoms with Crippen LogP contribution in [-0.4, -0.2) is 24.7 Å². The Morgan fingerprint density at radius 1 is 1.36 bits per heavy atom. The molecular weight excluding hydrogens is 172 g/mol. The number of hydrogen-bond acceptors (Lipinski definition) is 2. The Labute approximate surface area is 87.8 Å². The molecule has 0 spiro atoms. The summed E-state index contributed by atoms with van der Waals surface area (Å²) >= 11 is 0. The van der Waals surface area contributed by atoms with Crippen LogP contribution in [0.15, 0.2) is 0 Å². The van der Waals surface area contributed by atoms with Crippen LogP contribution >= 0.6 is 0 Å². The lowest BCUT2D eigenvalue weighted by Crippen LogP contribution is -2.56. The molecule has 3 unspecified atom stereocenters. The number of rotatable bonds is 3. The van der Waals surface area contributed by atoms with E-state index in [0.29, 0.717) is 17.5 Å². The average molecular weight is 196 g/mol. The van der Waals surface area contributed by atoms with Crippen molar-refractivity contribution in [2.45, 2.75) is 64.6 Å². The second-order valence-electron chi connectivity index (χ2n) is 5.74. The minimum absolute atomic E-state index is 0.535. The predicted octanol–water partition coefficient (Wildman–Crippen LogP) is 1.91. The van der Waals surface area contributed by atoms with Crippen molar-refractivity contribution < 1.29 is 0 Å². The summed E-state index contributed by atoms with van der Waals surface area (Å²) in [6.07, 6.45) is 5.45. The van der Waals surface area contributed by atoms with E-state index in [0.717, 1.165) is 6.04 Å². The maximum Gasteiger partial charge on any atom is 0.0219 e. The first-order valence-electron chi connectivity index (χ1n) is 6.09. The van der Waals surface area contributed by atoms with Gasteiger partial charge in [-0.15, -0.1) is 0 Å². The summed E-state index contributed by atoms with van der Waals surface area (Å²) in [6, 6.07) is 2.10. The molecule has 0 aromatic rings. The molecule has 1 saturated heterocycles. The van der Waals surface area contributed by atoms with Crippen molar-refractivity contribution in [3.05, 3.63) is 0 Å². The van der Waals surface area contributed by atoms with Gasteiger partial charge in [-0.3, -0.25) is 0 Å². The number of hydrogen-bond donors (Lipinski definition) is 2. The van der Waals surface area contributed by atoms with Crippen molar-refractivity contribution in [1.29, 1.82) is 0 Å². The normalized spacial score (nSPS) is 37.9. The van der Waals surface area contributed by atoms with Gasteiger partial charge in [0, 0.05) is 18.1 Å². The average Bonchev–Trinajstić information content (AvgIpc) is 2.65. The predicted molar refractivity (Wildman–Crippen MR) is 60.4 cm³/mol. The fourth-order valence-electron chi connectivity index (χ4n) is 2.75. The van der Waals surface area contributed by atoms with Gasteiger partial charge in [-0.05, 0) is 44.6 Å². The van der Waals surface area contributed by atoms with Gasteiger partial charge < -0.3 is 10.6 Å². The monoisotopic (exact) mass is 196 g/mol. The third kappa shape index (κ3) is 1.96. The Balaban J connectivity index is 1.79. The molecule has 2 aliphatic rings. The Morgan fingerprint density at radius 3 is 2.57 bits per heavy atom. The van der Waals surface area contributed by atoms with E-state index in [1.165, 1.54) is 32.2 Å². The maximum absolute atomic E-state index is 3.79. The van der Waals surface area contributed by atoms with Gasteiger partial charge >= 0.3 is 0 Å². The largest absolute Gasteiger partial charge is 0.312 e. The molecule has 3 atom stereocenters. The summed E-state index contributed by atoms with van der Waals surface area (Å²) in [5, 5.41) is 7.36. The second-order valence-corrected chi connectivity index (χ2v) is 5.74. The lowest BCUT2D eigenvalue weighted by Gasteiger charge is -2.47. The minimum Gasteiger partial charge on any atom is -0.312 e. The summed E-state index contributed by atoms with van der Waals surface area (Å²) in [5.41, 5.74) is 0.535. The summed E-state index contributed by atoms with van der Waals surface area (Å²) in [6.45, 7) is 8.30. The van der Waals surface area contributed by atoms with E-state index < -0.39 is 0 Å². The molecule has 1 aliphatic heterocycles. The van der Waals surface area contributed by atoms with E-state index in [1.54, 1.807) is 0 Å². The van der Waals surface area contributed by atoms with E-state index in [1.807, 2.05) is 0 Å². The molecule has 2 N–H and O–H groups in total. The van der Waals surface area contributed by atoms with Crippen LogP contribution in [0.4, 0.5) is 0 Å². The van der Waals surface area contributed by atoms with Crippen molar-refractivity contribution >= 4 is 0 Å². The molecule has 2 heteroatoms. The summed E-state index contributed by atoms with van der Waals surface area (Å²) < 4.78 is 0. The van der Waals surface area contributed by atoms with Crippen molar-refractivity contribution in [1.82, 2.24) is 10.6 Å². The van der Waals surface area contributed by atoms with E-state index >= 15 is 0 Å². The molecule has 1 saturated carbocycles. The van der Waals surface area contributed by atoms with Crippen LogP contribution in [0, 0.1) is 5.41 Å². The second kappa shape index (κ2) is 3.82. The van der Waals surface area contributed by atoms with Crippen LogP contribution < -0.4 is 10.6 Å². The van der Waals surface area contributed by atoms with Gasteiger partial charge in [0.25, 0.3) is 0 Å². The first kappa shape index (κ1) is 10.4. The van der Waals surface area contributed by atoms with Crippen LogP contribution in [0.3, 0.4) is 0 Å². The Kier molecular flexibility index (Phi) is 2.85. The SMILES string of the molecule is CC(NC1CCC1(C)C)C1CCCN1. The van der Waals surface area contributed by atoms with Gasteiger partial charge in [0.2, 0.25) is 0 Å². The molecule has 2 rings (SSSR count). The van der Waals surface area contributed by atoms with Gasteiger partial charge in [0.1, 0.15) is 0 Å². The van der Waals surface area contributed by atoms with Crippen molar-refractivity contribution in [3.63, 3.8) is 0 Å². The summed E-state index contributed by atoms with van der Waals surface area (Å²) in [7, 11) is 0. The first-order chi connectivity index (χ1) is 6.59. The zero-order chi connectivity index (χ0) is 10.2. The third-order valence-corrected chi connectivity index (χ3v) is 4.19. The van der Waals surface area contributed by atoms with Gasteiger partial charge in [-0.2, -0.15) is 0 Å². The fraction of sp³-hybridized carbons (Fsp3) is 1.00. The Morgan fingerprint density at radius 2 is 2.14 bits per heavy atom. The van der Waals surface area contributed by atoms with Crippen LogP contribution in [0.1, 0.15) is 46.5 Å².